The second-order valence-corrected chi connectivity index (χ2v) is 23.4. The van der Waals surface area contributed by atoms with Gasteiger partial charge in [0.05, 0.1) is 6.61 Å². The van der Waals surface area contributed by atoms with Crippen LogP contribution in [-0.2, 0) is 42.9 Å². The van der Waals surface area contributed by atoms with Crippen molar-refractivity contribution in [2.75, 3.05) is 13.2 Å². The van der Waals surface area contributed by atoms with Crippen molar-refractivity contribution in [3.63, 3.8) is 0 Å². The van der Waals surface area contributed by atoms with E-state index in [1.807, 2.05) is 0 Å². The van der Waals surface area contributed by atoms with E-state index in [9.17, 15) is 34.5 Å². The van der Waals surface area contributed by atoms with Crippen LogP contribution in [0, 0.1) is 0 Å². The molecule has 0 aromatic carbocycles. The summed E-state index contributed by atoms with van der Waals surface area (Å²) in [6.45, 7) is 5.93. The molecule has 0 spiro atoms. The second-order valence-electron chi connectivity index (χ2n) is 23.4. The fourth-order valence-corrected chi connectivity index (χ4v) is 10.4. The highest BCUT2D eigenvalue weighted by molar-refractivity contribution is 5.74. The van der Waals surface area contributed by atoms with Gasteiger partial charge < -0.3 is 39.0 Å². The molecule has 0 aromatic rings. The van der Waals surface area contributed by atoms with Gasteiger partial charge in [-0.3, -0.25) is 14.4 Å². The molecule has 0 radical (unpaired) electrons. The number of aliphatic carboxylic acids is 1. The highest BCUT2D eigenvalue weighted by Crippen LogP contribution is 2.27. The Hall–Kier alpha value is -3.58. The number of carboxylic acids is 1. The number of hydrogen-bond donors (Lipinski definition) is 3. The van der Waals surface area contributed by atoms with E-state index in [0.29, 0.717) is 19.3 Å². The molecule has 1 rings (SSSR count). The average molecular weight is 1170 g/mol. The molecule has 0 amide bonds. The molecule has 1 fully saturated rings. The van der Waals surface area contributed by atoms with E-state index < -0.39 is 67.3 Å². The molecule has 0 saturated carbocycles. The van der Waals surface area contributed by atoms with Crippen LogP contribution in [0.15, 0.2) is 60.8 Å². The molecule has 6 unspecified atom stereocenters. The van der Waals surface area contributed by atoms with Crippen molar-refractivity contribution in [3.8, 4) is 0 Å². The quantitative estimate of drug-likeness (QED) is 0.0228. The number of aliphatic hydroxyl groups excluding tert-OH is 2. The van der Waals surface area contributed by atoms with Gasteiger partial charge in [-0.25, -0.2) is 4.79 Å². The van der Waals surface area contributed by atoms with Gasteiger partial charge in [-0.15, -0.1) is 0 Å². The Balaban J connectivity index is 2.63. The topological polar surface area (TPSA) is 175 Å². The van der Waals surface area contributed by atoms with Gasteiger partial charge in [-0.05, 0) is 83.5 Å². The smallest absolute Gasteiger partial charge is 0.335 e. The normalized spacial score (nSPS) is 17.9. The largest absolute Gasteiger partial charge is 0.479 e. The third kappa shape index (κ3) is 48.3. The summed E-state index contributed by atoms with van der Waals surface area (Å²) in [5, 5.41) is 31.6. The molecule has 12 heteroatoms. The van der Waals surface area contributed by atoms with Crippen LogP contribution in [0.2, 0.25) is 0 Å². The summed E-state index contributed by atoms with van der Waals surface area (Å²) in [6, 6.07) is 0. The van der Waals surface area contributed by atoms with E-state index >= 15 is 0 Å². The van der Waals surface area contributed by atoms with Crippen LogP contribution in [0.1, 0.15) is 316 Å². The maximum absolute atomic E-state index is 13.2. The minimum absolute atomic E-state index is 0.0452. The van der Waals surface area contributed by atoms with E-state index in [-0.39, 0.29) is 25.9 Å². The van der Waals surface area contributed by atoms with Crippen LogP contribution in [0.25, 0.3) is 0 Å². The molecule has 6 atom stereocenters. The molecule has 1 heterocycles. The Morgan fingerprint density at radius 3 is 1.17 bits per heavy atom. The lowest BCUT2D eigenvalue weighted by atomic mass is 9.98. The Bertz CT molecular complexity index is 1670. The van der Waals surface area contributed by atoms with Crippen LogP contribution < -0.4 is 0 Å². The lowest BCUT2D eigenvalue weighted by Crippen LogP contribution is -2.61. The number of hydrogen-bond acceptors (Lipinski definition) is 11. The minimum Gasteiger partial charge on any atom is -0.479 e. The predicted molar refractivity (Wildman–Crippen MR) is 340 cm³/mol. The summed E-state index contributed by atoms with van der Waals surface area (Å²) in [5.41, 5.74) is 0. The molecule has 0 aliphatic carbocycles. The summed E-state index contributed by atoms with van der Waals surface area (Å²) in [4.78, 5) is 51.4. The van der Waals surface area contributed by atoms with E-state index in [1.54, 1.807) is 0 Å². The number of carboxylic acid groups (broad SMARTS) is 1. The van der Waals surface area contributed by atoms with Crippen LogP contribution in [0.5, 0.6) is 0 Å². The van der Waals surface area contributed by atoms with Crippen molar-refractivity contribution in [2.24, 2.45) is 0 Å². The standard InChI is InChI=1S/C71H124O12/c1-4-7-10-13-16-19-22-25-28-30-32-34-37-39-42-45-48-51-54-57-63(72)79-60-62(81-64(73)58-55-52-49-46-43-40-36-27-24-21-18-15-12-9-6-3)61-80-71-69(67(76)66(75)68(83-71)70(77)78)82-65(74)59-56-53-50-47-44-41-38-35-33-31-29-26-23-20-17-14-11-8-5-2/h8,11,17,20,25-26,28-29,33,35,62,66-69,71,75-76H,4-7,9-10,12-16,18-19,21-24,27,30-32,34,36-61H2,1-3H3,(H,77,78)/b11-8-,20-17-,28-25-,29-26-,35-33-. The summed E-state index contributed by atoms with van der Waals surface area (Å²) in [5.74, 6) is -3.11. The fraction of sp³-hybridized carbons (Fsp3) is 0.803. The van der Waals surface area contributed by atoms with Crippen molar-refractivity contribution in [1.29, 1.82) is 0 Å². The molecule has 83 heavy (non-hydrogen) atoms. The molecule has 480 valence electrons. The summed E-state index contributed by atoms with van der Waals surface area (Å²) in [7, 11) is 0. The van der Waals surface area contributed by atoms with Crippen LogP contribution >= 0.6 is 0 Å². The van der Waals surface area contributed by atoms with Gasteiger partial charge in [-0.1, -0.05) is 274 Å². The lowest BCUT2D eigenvalue weighted by molar-refractivity contribution is -0.301. The number of aliphatic hydroxyl groups is 2. The summed E-state index contributed by atoms with van der Waals surface area (Å²) < 4.78 is 28.6. The molecule has 12 nitrogen and oxygen atoms in total. The molecular formula is C71H124O12. The van der Waals surface area contributed by atoms with E-state index in [1.165, 1.54) is 154 Å². The van der Waals surface area contributed by atoms with E-state index in [4.69, 9.17) is 23.7 Å². The minimum atomic E-state index is -1.91. The zero-order valence-corrected chi connectivity index (χ0v) is 53.2. The Kier molecular flexibility index (Phi) is 54.8. The molecular weight excluding hydrogens is 1040 g/mol. The number of carbonyl (C=O) groups is 4. The summed E-state index contributed by atoms with van der Waals surface area (Å²) >= 11 is 0. The van der Waals surface area contributed by atoms with Gasteiger partial charge in [0.15, 0.2) is 24.6 Å². The average Bonchev–Trinajstić information content (AvgIpc) is 3.60. The number of esters is 3. The SMILES string of the molecule is CC/C=C\C/C=C\C/C=C\C/C=C\CCCCCCCCC(=O)OC1C(OCC(COC(=O)CCCCCCCCCCC/C=C\CCCCCCCC)OC(=O)CCCCCCCCCCCCCCCCC)OC(C(=O)O)C(O)C1O. The molecule has 1 saturated heterocycles. The van der Waals surface area contributed by atoms with Crippen LogP contribution in [-0.4, -0.2) is 89.2 Å². The van der Waals surface area contributed by atoms with Gasteiger partial charge in [0.2, 0.25) is 0 Å². The first kappa shape index (κ1) is 77.4. The monoisotopic (exact) mass is 1170 g/mol. The fourth-order valence-electron chi connectivity index (χ4n) is 10.4. The maximum atomic E-state index is 13.2. The van der Waals surface area contributed by atoms with E-state index in [0.717, 1.165) is 103 Å². The maximum Gasteiger partial charge on any atom is 0.335 e. The Labute approximate surface area is 506 Å². The number of carbonyl (C=O) groups excluding carboxylic acids is 3. The summed E-state index contributed by atoms with van der Waals surface area (Å²) in [6.07, 6.45) is 61.7. The lowest BCUT2D eigenvalue weighted by Gasteiger charge is -2.40. The van der Waals surface area contributed by atoms with Gasteiger partial charge in [0.25, 0.3) is 0 Å². The van der Waals surface area contributed by atoms with E-state index in [2.05, 4.69) is 81.5 Å². The molecule has 0 aromatic heterocycles. The van der Waals surface area contributed by atoms with Crippen molar-refractivity contribution in [1.82, 2.24) is 0 Å². The third-order valence-electron chi connectivity index (χ3n) is 15.6. The number of ether oxygens (including phenoxy) is 5. The molecule has 0 bridgehead atoms. The first-order chi connectivity index (χ1) is 40.6. The molecule has 1 aliphatic rings. The second kappa shape index (κ2) is 58.8. The van der Waals surface area contributed by atoms with Crippen molar-refractivity contribution >= 4 is 23.9 Å². The third-order valence-corrected chi connectivity index (χ3v) is 15.6. The number of rotatable bonds is 59. The first-order valence-electron chi connectivity index (χ1n) is 34.3. The van der Waals surface area contributed by atoms with Crippen molar-refractivity contribution < 1.29 is 58.2 Å². The highest BCUT2D eigenvalue weighted by atomic mass is 16.7. The molecule has 3 N–H and O–H groups in total. The van der Waals surface area contributed by atoms with Crippen molar-refractivity contribution in [3.05, 3.63) is 60.8 Å². The van der Waals surface area contributed by atoms with Crippen LogP contribution in [0.3, 0.4) is 0 Å². The molecule has 1 aliphatic heterocycles. The zero-order chi connectivity index (χ0) is 60.3. The van der Waals surface area contributed by atoms with Gasteiger partial charge in [-0.2, -0.15) is 0 Å². The first-order valence-corrected chi connectivity index (χ1v) is 34.3. The number of allylic oxidation sites excluding steroid dienone is 10. The van der Waals surface area contributed by atoms with Crippen LogP contribution in [0.4, 0.5) is 0 Å². The van der Waals surface area contributed by atoms with Gasteiger partial charge in [0.1, 0.15) is 18.8 Å². The van der Waals surface area contributed by atoms with Gasteiger partial charge >= 0.3 is 23.9 Å². The number of unbranched alkanes of at least 4 members (excludes halogenated alkanes) is 35. The highest BCUT2D eigenvalue weighted by Gasteiger charge is 2.50. The van der Waals surface area contributed by atoms with Gasteiger partial charge in [0, 0.05) is 19.3 Å². The van der Waals surface area contributed by atoms with Crippen molar-refractivity contribution in [2.45, 2.75) is 353 Å². The Morgan fingerprint density at radius 2 is 0.759 bits per heavy atom. The predicted octanol–water partition coefficient (Wildman–Crippen LogP) is 18.7. The zero-order valence-electron chi connectivity index (χ0n) is 53.2. The Morgan fingerprint density at radius 1 is 0.410 bits per heavy atom.